The average Bonchev–Trinajstić information content (AvgIpc) is 2.80. The van der Waals surface area contributed by atoms with Crippen LogP contribution in [0.25, 0.3) is 0 Å². The Morgan fingerprint density at radius 3 is 2.60 bits per heavy atom. The molecule has 6 nitrogen and oxygen atoms in total. The minimum Gasteiger partial charge on any atom is -0.494 e. The minimum atomic E-state index is -0.183. The van der Waals surface area contributed by atoms with Gasteiger partial charge in [-0.1, -0.05) is 31.2 Å². The van der Waals surface area contributed by atoms with Crippen LogP contribution in [0.15, 0.2) is 48.5 Å². The Kier molecular flexibility index (Phi) is 6.87. The van der Waals surface area contributed by atoms with Crippen LogP contribution in [0.1, 0.15) is 41.9 Å². The fourth-order valence-electron chi connectivity index (χ4n) is 4.04. The largest absolute Gasteiger partial charge is 0.494 e. The third-order valence-corrected chi connectivity index (χ3v) is 5.67. The van der Waals surface area contributed by atoms with Gasteiger partial charge in [0.1, 0.15) is 11.9 Å². The quantitative estimate of drug-likeness (QED) is 0.719. The lowest BCUT2D eigenvalue weighted by molar-refractivity contribution is 0.0348. The van der Waals surface area contributed by atoms with Crippen molar-refractivity contribution in [2.24, 2.45) is 0 Å². The third-order valence-electron chi connectivity index (χ3n) is 5.67. The zero-order valence-corrected chi connectivity index (χ0v) is 17.7. The zero-order valence-electron chi connectivity index (χ0n) is 17.7. The molecule has 2 aromatic rings. The maximum atomic E-state index is 13.3. The Morgan fingerprint density at radius 2 is 1.83 bits per heavy atom. The van der Waals surface area contributed by atoms with Crippen LogP contribution < -0.4 is 10.1 Å². The molecule has 1 N–H and O–H groups in total. The second-order valence-corrected chi connectivity index (χ2v) is 7.82. The molecule has 0 aromatic heterocycles. The van der Waals surface area contributed by atoms with E-state index in [2.05, 4.69) is 29.3 Å². The molecule has 2 aliphatic rings. The van der Waals surface area contributed by atoms with Crippen molar-refractivity contribution < 1.29 is 14.3 Å². The number of benzene rings is 2. The van der Waals surface area contributed by atoms with Gasteiger partial charge in [0.15, 0.2) is 0 Å². The number of amides is 1. The fraction of sp³-hybridized carbons (Fsp3) is 0.458. The minimum absolute atomic E-state index is 0.0858. The predicted octanol–water partition coefficient (Wildman–Crippen LogP) is 3.76. The zero-order chi connectivity index (χ0) is 20.8. The molecule has 0 spiro atoms. The van der Waals surface area contributed by atoms with Gasteiger partial charge in [0, 0.05) is 31.9 Å². The highest BCUT2D eigenvalue weighted by molar-refractivity contribution is 6.01. The second-order valence-electron chi connectivity index (χ2n) is 7.82. The van der Waals surface area contributed by atoms with E-state index in [4.69, 9.17) is 9.47 Å². The van der Waals surface area contributed by atoms with Gasteiger partial charge < -0.3 is 19.7 Å². The molecule has 0 radical (unpaired) electrons. The summed E-state index contributed by atoms with van der Waals surface area (Å²) in [5, 5.41) is 3.58. The number of anilines is 1. The first-order chi connectivity index (χ1) is 14.8. The fourth-order valence-corrected chi connectivity index (χ4v) is 4.04. The molecule has 1 saturated heterocycles. The first-order valence-electron chi connectivity index (χ1n) is 11.0. The molecular formula is C24H31N3O3. The van der Waals surface area contributed by atoms with Crippen molar-refractivity contribution in [1.82, 2.24) is 9.80 Å². The highest BCUT2D eigenvalue weighted by Crippen LogP contribution is 2.33. The maximum absolute atomic E-state index is 13.3. The van der Waals surface area contributed by atoms with E-state index in [1.54, 1.807) is 0 Å². The van der Waals surface area contributed by atoms with E-state index in [1.807, 2.05) is 41.3 Å². The van der Waals surface area contributed by atoms with Crippen LogP contribution in [0, 0.1) is 0 Å². The molecule has 0 bridgehead atoms. The summed E-state index contributed by atoms with van der Waals surface area (Å²) in [6.07, 6.45) is 1.73. The summed E-state index contributed by atoms with van der Waals surface area (Å²) in [4.78, 5) is 17.7. The highest BCUT2D eigenvalue weighted by Gasteiger charge is 2.32. The predicted molar refractivity (Wildman–Crippen MR) is 118 cm³/mol. The van der Waals surface area contributed by atoms with Crippen molar-refractivity contribution in [2.45, 2.75) is 25.9 Å². The number of carbonyl (C=O) groups is 1. The second kappa shape index (κ2) is 9.96. The summed E-state index contributed by atoms with van der Waals surface area (Å²) >= 11 is 0. The van der Waals surface area contributed by atoms with Gasteiger partial charge in [-0.15, -0.1) is 0 Å². The Morgan fingerprint density at radius 1 is 1.07 bits per heavy atom. The number of ether oxygens (including phenoxy) is 2. The van der Waals surface area contributed by atoms with E-state index in [0.717, 1.165) is 68.3 Å². The number of rotatable bonds is 8. The van der Waals surface area contributed by atoms with Gasteiger partial charge in [-0.2, -0.15) is 0 Å². The number of hydrogen-bond donors (Lipinski definition) is 1. The van der Waals surface area contributed by atoms with Crippen LogP contribution in [-0.4, -0.2) is 61.7 Å². The van der Waals surface area contributed by atoms with E-state index < -0.39 is 0 Å². The Hall–Kier alpha value is -2.57. The van der Waals surface area contributed by atoms with Crippen molar-refractivity contribution >= 4 is 11.6 Å². The lowest BCUT2D eigenvalue weighted by atomic mass is 10.0. The topological polar surface area (TPSA) is 54.0 Å². The number of fused-ring (bicyclic) bond motifs is 1. The molecule has 2 aromatic carbocycles. The molecule has 0 aliphatic carbocycles. The van der Waals surface area contributed by atoms with Crippen molar-refractivity contribution in [1.29, 1.82) is 0 Å². The number of carbonyl (C=O) groups excluding carboxylic acids is 1. The van der Waals surface area contributed by atoms with Gasteiger partial charge in [-0.05, 0) is 42.7 Å². The lowest BCUT2D eigenvalue weighted by Gasteiger charge is -2.38. The maximum Gasteiger partial charge on any atom is 0.257 e. The van der Waals surface area contributed by atoms with Crippen LogP contribution in [-0.2, 0) is 4.74 Å². The average molecular weight is 410 g/mol. The summed E-state index contributed by atoms with van der Waals surface area (Å²) in [5.41, 5.74) is 2.69. The molecule has 160 valence electrons. The lowest BCUT2D eigenvalue weighted by Crippen LogP contribution is -2.44. The van der Waals surface area contributed by atoms with Gasteiger partial charge in [0.25, 0.3) is 5.91 Å². The van der Waals surface area contributed by atoms with Crippen LogP contribution in [0.3, 0.4) is 0 Å². The highest BCUT2D eigenvalue weighted by atomic mass is 16.5. The summed E-state index contributed by atoms with van der Waals surface area (Å²) < 4.78 is 11.2. The monoisotopic (exact) mass is 409 g/mol. The summed E-state index contributed by atoms with van der Waals surface area (Å²) in [6.45, 7) is 8.02. The Bertz CT molecular complexity index is 834. The van der Waals surface area contributed by atoms with Crippen LogP contribution >= 0.6 is 0 Å². The van der Waals surface area contributed by atoms with Gasteiger partial charge in [-0.25, -0.2) is 0 Å². The van der Waals surface area contributed by atoms with Crippen LogP contribution in [0.4, 0.5) is 5.69 Å². The molecule has 1 atom stereocenters. The van der Waals surface area contributed by atoms with E-state index >= 15 is 0 Å². The molecule has 1 amide bonds. The van der Waals surface area contributed by atoms with Gasteiger partial charge in [0.05, 0.1) is 25.4 Å². The van der Waals surface area contributed by atoms with E-state index in [1.165, 1.54) is 0 Å². The smallest absolute Gasteiger partial charge is 0.257 e. The van der Waals surface area contributed by atoms with Gasteiger partial charge in [0.2, 0.25) is 0 Å². The molecular weight excluding hydrogens is 378 g/mol. The van der Waals surface area contributed by atoms with Crippen molar-refractivity contribution in [2.75, 3.05) is 51.3 Å². The van der Waals surface area contributed by atoms with Crippen molar-refractivity contribution in [3.63, 3.8) is 0 Å². The number of nitrogens with zero attached hydrogens (tertiary/aromatic N) is 2. The molecule has 0 saturated carbocycles. The van der Waals surface area contributed by atoms with Gasteiger partial charge in [-0.3, -0.25) is 9.69 Å². The van der Waals surface area contributed by atoms with Crippen LogP contribution in [0.2, 0.25) is 0 Å². The standard InChI is InChI=1S/C24H31N3O3/c1-2-16-30-20-10-8-19(9-11-20)23-25-22-7-4-3-6-21(22)24(28)27(23)13-5-12-26-14-17-29-18-15-26/h3-4,6-11,23,25H,2,5,12-18H2,1H3/t23-/m0/s1. The first-order valence-corrected chi connectivity index (χ1v) is 11.0. The van der Waals surface area contributed by atoms with Crippen LogP contribution in [0.5, 0.6) is 5.75 Å². The van der Waals surface area contributed by atoms with E-state index in [9.17, 15) is 4.79 Å². The first kappa shape index (κ1) is 20.7. The molecule has 6 heteroatoms. The molecule has 1 fully saturated rings. The molecule has 2 heterocycles. The molecule has 4 rings (SSSR count). The Labute approximate surface area is 178 Å². The third kappa shape index (κ3) is 4.77. The SMILES string of the molecule is CCCOc1ccc([C@H]2Nc3ccccc3C(=O)N2CCCN2CCOCC2)cc1. The molecule has 30 heavy (non-hydrogen) atoms. The number of hydrogen-bond acceptors (Lipinski definition) is 5. The van der Waals surface area contributed by atoms with Gasteiger partial charge >= 0.3 is 0 Å². The number of nitrogens with one attached hydrogen (secondary N) is 1. The van der Waals surface area contributed by atoms with E-state index in [-0.39, 0.29) is 12.1 Å². The summed E-state index contributed by atoms with van der Waals surface area (Å²) in [6, 6.07) is 15.9. The van der Waals surface area contributed by atoms with E-state index in [0.29, 0.717) is 13.2 Å². The summed E-state index contributed by atoms with van der Waals surface area (Å²) in [5.74, 6) is 0.949. The summed E-state index contributed by atoms with van der Waals surface area (Å²) in [7, 11) is 0. The normalized spacial score (nSPS) is 19.3. The molecule has 0 unspecified atom stereocenters. The number of para-hydroxylation sites is 1. The Balaban J connectivity index is 1.50. The van der Waals surface area contributed by atoms with Crippen molar-refractivity contribution in [3.8, 4) is 5.75 Å². The number of morpholine rings is 1. The molecule has 2 aliphatic heterocycles. The van der Waals surface area contributed by atoms with Crippen molar-refractivity contribution in [3.05, 3.63) is 59.7 Å².